The van der Waals surface area contributed by atoms with Crippen molar-refractivity contribution < 1.29 is 0 Å². The van der Waals surface area contributed by atoms with E-state index in [2.05, 4.69) is 74.5 Å². The Balaban J connectivity index is 0.000000185. The SMILES string of the molecule is CCc1cccc(Cl)c1.CCc1ccccc1-c1ccccc1. The van der Waals surface area contributed by atoms with Crippen molar-refractivity contribution in [2.75, 3.05) is 0 Å². The van der Waals surface area contributed by atoms with E-state index in [1.807, 2.05) is 18.2 Å². The third-order valence-electron chi connectivity index (χ3n) is 3.78. The number of hydrogen-bond acceptors (Lipinski definition) is 0. The molecule has 0 amide bonds. The van der Waals surface area contributed by atoms with Crippen LogP contribution in [0.25, 0.3) is 11.1 Å². The number of halogens is 1. The summed E-state index contributed by atoms with van der Waals surface area (Å²) in [5.74, 6) is 0. The highest BCUT2D eigenvalue weighted by molar-refractivity contribution is 6.30. The van der Waals surface area contributed by atoms with Gasteiger partial charge in [-0.2, -0.15) is 0 Å². The van der Waals surface area contributed by atoms with Crippen molar-refractivity contribution in [3.8, 4) is 11.1 Å². The maximum atomic E-state index is 5.72. The molecule has 0 aliphatic carbocycles. The highest BCUT2D eigenvalue weighted by Gasteiger charge is 2.00. The Hall–Kier alpha value is -2.05. The molecule has 0 aromatic heterocycles. The summed E-state index contributed by atoms with van der Waals surface area (Å²) in [5, 5.41) is 0.828. The summed E-state index contributed by atoms with van der Waals surface area (Å²) in [4.78, 5) is 0. The molecule has 0 heterocycles. The second-order valence-corrected chi connectivity index (χ2v) is 5.80. The average Bonchev–Trinajstić information content (AvgIpc) is 2.63. The van der Waals surface area contributed by atoms with Gasteiger partial charge in [0.05, 0.1) is 0 Å². The predicted octanol–water partition coefficient (Wildman–Crippen LogP) is 6.82. The average molecular weight is 323 g/mol. The normalized spacial score (nSPS) is 9.87. The molecule has 0 atom stereocenters. The summed E-state index contributed by atoms with van der Waals surface area (Å²) in [6.07, 6.45) is 2.14. The van der Waals surface area contributed by atoms with Crippen LogP contribution >= 0.6 is 11.6 Å². The van der Waals surface area contributed by atoms with Gasteiger partial charge < -0.3 is 0 Å². The van der Waals surface area contributed by atoms with Crippen molar-refractivity contribution in [3.05, 3.63) is 95.0 Å². The summed E-state index contributed by atoms with van der Waals surface area (Å²) in [7, 11) is 0. The van der Waals surface area contributed by atoms with Gasteiger partial charge in [0.25, 0.3) is 0 Å². The first-order chi connectivity index (χ1) is 11.2. The van der Waals surface area contributed by atoms with Crippen LogP contribution in [0.15, 0.2) is 78.9 Å². The monoisotopic (exact) mass is 322 g/mol. The third-order valence-corrected chi connectivity index (χ3v) is 4.02. The molecule has 0 radical (unpaired) electrons. The van der Waals surface area contributed by atoms with E-state index in [1.165, 1.54) is 22.3 Å². The molecular formula is C22H23Cl. The topological polar surface area (TPSA) is 0 Å². The van der Waals surface area contributed by atoms with Crippen LogP contribution < -0.4 is 0 Å². The summed E-state index contributed by atoms with van der Waals surface area (Å²) in [5.41, 5.74) is 5.38. The molecule has 0 aliphatic heterocycles. The van der Waals surface area contributed by atoms with E-state index < -0.39 is 0 Å². The zero-order valence-electron chi connectivity index (χ0n) is 13.8. The number of aryl methyl sites for hydroxylation is 2. The molecule has 0 aliphatic rings. The first-order valence-electron chi connectivity index (χ1n) is 8.12. The number of rotatable bonds is 3. The molecular weight excluding hydrogens is 300 g/mol. The van der Waals surface area contributed by atoms with Gasteiger partial charge in [-0.25, -0.2) is 0 Å². The summed E-state index contributed by atoms with van der Waals surface area (Å²) in [6.45, 7) is 4.31. The molecule has 0 nitrogen and oxygen atoms in total. The van der Waals surface area contributed by atoms with Gasteiger partial charge in [-0.15, -0.1) is 0 Å². The van der Waals surface area contributed by atoms with E-state index in [0.29, 0.717) is 0 Å². The minimum atomic E-state index is 0.828. The first-order valence-corrected chi connectivity index (χ1v) is 8.50. The Bertz CT molecular complexity index is 717. The van der Waals surface area contributed by atoms with Crippen LogP contribution in [0.5, 0.6) is 0 Å². The predicted molar refractivity (Wildman–Crippen MR) is 102 cm³/mol. The molecule has 3 aromatic carbocycles. The number of benzene rings is 3. The van der Waals surface area contributed by atoms with E-state index in [9.17, 15) is 0 Å². The summed E-state index contributed by atoms with van der Waals surface area (Å²) in [6, 6.07) is 27.1. The molecule has 1 heteroatoms. The van der Waals surface area contributed by atoms with Crippen LogP contribution in [0.4, 0.5) is 0 Å². The lowest BCUT2D eigenvalue weighted by Gasteiger charge is -2.06. The van der Waals surface area contributed by atoms with Gasteiger partial charge in [0.15, 0.2) is 0 Å². The molecule has 0 fully saturated rings. The second kappa shape index (κ2) is 9.17. The maximum Gasteiger partial charge on any atom is 0.0408 e. The van der Waals surface area contributed by atoms with Crippen LogP contribution in [-0.4, -0.2) is 0 Å². The zero-order chi connectivity index (χ0) is 16.5. The van der Waals surface area contributed by atoms with Crippen molar-refractivity contribution in [3.63, 3.8) is 0 Å². The van der Waals surface area contributed by atoms with Crippen molar-refractivity contribution in [1.82, 2.24) is 0 Å². The fourth-order valence-electron chi connectivity index (χ4n) is 2.48. The van der Waals surface area contributed by atoms with Crippen LogP contribution in [0.1, 0.15) is 25.0 Å². The lowest BCUT2D eigenvalue weighted by molar-refractivity contribution is 1.14. The zero-order valence-corrected chi connectivity index (χ0v) is 14.6. The van der Waals surface area contributed by atoms with Gasteiger partial charge in [-0.05, 0) is 47.2 Å². The quantitative estimate of drug-likeness (QED) is 0.496. The van der Waals surface area contributed by atoms with Gasteiger partial charge in [-0.1, -0.05) is 92.2 Å². The molecule has 3 aromatic rings. The summed E-state index contributed by atoms with van der Waals surface area (Å²) < 4.78 is 0. The van der Waals surface area contributed by atoms with Crippen molar-refractivity contribution in [2.45, 2.75) is 26.7 Å². The molecule has 0 saturated heterocycles. The standard InChI is InChI=1S/C14H14.C8H9Cl/c1-2-12-8-6-7-11-14(12)13-9-4-3-5-10-13;1-2-7-4-3-5-8(9)6-7/h3-11H,2H2,1H3;3-6H,2H2,1H3. The third kappa shape index (κ3) is 5.26. The lowest BCUT2D eigenvalue weighted by Crippen LogP contribution is -1.85. The largest absolute Gasteiger partial charge is 0.0843 e. The summed E-state index contributed by atoms with van der Waals surface area (Å²) >= 11 is 5.72. The minimum Gasteiger partial charge on any atom is -0.0843 e. The number of hydrogen-bond donors (Lipinski definition) is 0. The Morgan fingerprint density at radius 1 is 0.696 bits per heavy atom. The van der Waals surface area contributed by atoms with E-state index in [0.717, 1.165) is 17.9 Å². The van der Waals surface area contributed by atoms with Crippen LogP contribution in [0.3, 0.4) is 0 Å². The highest BCUT2D eigenvalue weighted by atomic mass is 35.5. The minimum absolute atomic E-state index is 0.828. The molecule has 118 valence electrons. The Morgan fingerprint density at radius 3 is 2.00 bits per heavy atom. The molecule has 0 saturated carbocycles. The Labute approximate surface area is 144 Å². The van der Waals surface area contributed by atoms with E-state index in [4.69, 9.17) is 11.6 Å². The molecule has 0 spiro atoms. The van der Waals surface area contributed by atoms with Gasteiger partial charge in [-0.3, -0.25) is 0 Å². The van der Waals surface area contributed by atoms with Gasteiger partial charge in [0.1, 0.15) is 0 Å². The van der Waals surface area contributed by atoms with Gasteiger partial charge >= 0.3 is 0 Å². The van der Waals surface area contributed by atoms with Crippen LogP contribution in [0.2, 0.25) is 5.02 Å². The van der Waals surface area contributed by atoms with Crippen LogP contribution in [-0.2, 0) is 12.8 Å². The van der Waals surface area contributed by atoms with Crippen molar-refractivity contribution >= 4 is 11.6 Å². The van der Waals surface area contributed by atoms with Crippen LogP contribution in [0, 0.1) is 0 Å². The maximum absolute atomic E-state index is 5.72. The van der Waals surface area contributed by atoms with Crippen molar-refractivity contribution in [2.24, 2.45) is 0 Å². The van der Waals surface area contributed by atoms with E-state index in [1.54, 1.807) is 0 Å². The highest BCUT2D eigenvalue weighted by Crippen LogP contribution is 2.23. The molecule has 0 unspecified atom stereocenters. The Kier molecular flexibility index (Phi) is 6.90. The fraction of sp³-hybridized carbons (Fsp3) is 0.182. The molecule has 0 N–H and O–H groups in total. The van der Waals surface area contributed by atoms with E-state index in [-0.39, 0.29) is 0 Å². The van der Waals surface area contributed by atoms with Gasteiger partial charge in [0, 0.05) is 5.02 Å². The fourth-order valence-corrected chi connectivity index (χ4v) is 2.70. The molecule has 23 heavy (non-hydrogen) atoms. The second-order valence-electron chi connectivity index (χ2n) is 5.36. The Morgan fingerprint density at radius 2 is 1.39 bits per heavy atom. The van der Waals surface area contributed by atoms with Crippen molar-refractivity contribution in [1.29, 1.82) is 0 Å². The molecule has 0 bridgehead atoms. The first kappa shape index (κ1) is 17.3. The van der Waals surface area contributed by atoms with E-state index >= 15 is 0 Å². The van der Waals surface area contributed by atoms with Gasteiger partial charge in [0.2, 0.25) is 0 Å². The molecule has 3 rings (SSSR count). The lowest BCUT2D eigenvalue weighted by atomic mass is 9.98. The smallest absolute Gasteiger partial charge is 0.0408 e.